The molecule has 0 bridgehead atoms. The highest BCUT2D eigenvalue weighted by molar-refractivity contribution is 9.10. The fourth-order valence-corrected chi connectivity index (χ4v) is 2.28. The number of amides is 1. The Bertz CT molecular complexity index is 422. The molecule has 1 atom stereocenters. The highest BCUT2D eigenvalue weighted by Crippen LogP contribution is 2.17. The van der Waals surface area contributed by atoms with Gasteiger partial charge in [-0.15, -0.1) is 0 Å². The van der Waals surface area contributed by atoms with Crippen LogP contribution in [0.2, 0.25) is 0 Å². The molecule has 0 saturated heterocycles. The van der Waals surface area contributed by atoms with Gasteiger partial charge in [0, 0.05) is 24.1 Å². The SMILES string of the molecule is CCN(CC)C(=O)C(C)NCCOc1cccc(Br)c1. The summed E-state index contributed by atoms with van der Waals surface area (Å²) < 4.78 is 6.61. The number of hydrogen-bond donors (Lipinski definition) is 1. The molecular weight excluding hydrogens is 320 g/mol. The number of likely N-dealkylation sites (N-methyl/N-ethyl adjacent to an activating group) is 1. The summed E-state index contributed by atoms with van der Waals surface area (Å²) in [7, 11) is 0. The van der Waals surface area contributed by atoms with E-state index >= 15 is 0 Å². The van der Waals surface area contributed by atoms with Crippen LogP contribution in [0.1, 0.15) is 20.8 Å². The van der Waals surface area contributed by atoms with E-state index in [1.165, 1.54) is 0 Å². The first-order chi connectivity index (χ1) is 9.58. The Hall–Kier alpha value is -1.07. The Morgan fingerprint density at radius 2 is 2.10 bits per heavy atom. The molecule has 4 nitrogen and oxygen atoms in total. The van der Waals surface area contributed by atoms with Crippen LogP contribution in [0.25, 0.3) is 0 Å². The van der Waals surface area contributed by atoms with Gasteiger partial charge in [-0.25, -0.2) is 0 Å². The van der Waals surface area contributed by atoms with Crippen molar-refractivity contribution >= 4 is 21.8 Å². The van der Waals surface area contributed by atoms with Crippen molar-refractivity contribution in [2.75, 3.05) is 26.2 Å². The van der Waals surface area contributed by atoms with Crippen LogP contribution in [0.4, 0.5) is 0 Å². The maximum Gasteiger partial charge on any atom is 0.239 e. The van der Waals surface area contributed by atoms with Gasteiger partial charge in [0.1, 0.15) is 12.4 Å². The van der Waals surface area contributed by atoms with Crippen LogP contribution in [0.15, 0.2) is 28.7 Å². The van der Waals surface area contributed by atoms with Gasteiger partial charge in [0.2, 0.25) is 5.91 Å². The first-order valence-electron chi connectivity index (χ1n) is 6.99. The molecule has 1 unspecified atom stereocenters. The van der Waals surface area contributed by atoms with Crippen molar-refractivity contribution in [2.45, 2.75) is 26.8 Å². The Morgan fingerprint density at radius 1 is 1.40 bits per heavy atom. The van der Waals surface area contributed by atoms with Gasteiger partial charge in [-0.3, -0.25) is 4.79 Å². The van der Waals surface area contributed by atoms with E-state index in [-0.39, 0.29) is 11.9 Å². The van der Waals surface area contributed by atoms with Crippen molar-refractivity contribution < 1.29 is 9.53 Å². The smallest absolute Gasteiger partial charge is 0.239 e. The first kappa shape index (κ1) is 17.0. The van der Waals surface area contributed by atoms with E-state index in [0.29, 0.717) is 13.2 Å². The van der Waals surface area contributed by atoms with Gasteiger partial charge < -0.3 is 15.0 Å². The zero-order chi connectivity index (χ0) is 15.0. The number of carbonyl (C=O) groups excluding carboxylic acids is 1. The summed E-state index contributed by atoms with van der Waals surface area (Å²) in [6.45, 7) is 8.54. The second-order valence-corrected chi connectivity index (χ2v) is 5.41. The molecule has 5 heteroatoms. The maximum absolute atomic E-state index is 12.0. The number of halogens is 1. The molecule has 0 aliphatic heterocycles. The number of nitrogens with one attached hydrogen (secondary N) is 1. The predicted octanol–water partition coefficient (Wildman–Crippen LogP) is 2.67. The van der Waals surface area contributed by atoms with Crippen LogP contribution >= 0.6 is 15.9 Å². The molecule has 20 heavy (non-hydrogen) atoms. The molecule has 0 aliphatic carbocycles. The van der Waals surface area contributed by atoms with Gasteiger partial charge >= 0.3 is 0 Å². The Balaban J connectivity index is 2.28. The molecule has 0 spiro atoms. The van der Waals surface area contributed by atoms with Crippen molar-refractivity contribution in [3.8, 4) is 5.75 Å². The first-order valence-corrected chi connectivity index (χ1v) is 7.78. The molecule has 0 aliphatic rings. The fraction of sp³-hybridized carbons (Fsp3) is 0.533. The van der Waals surface area contributed by atoms with E-state index in [2.05, 4.69) is 21.2 Å². The molecule has 1 amide bonds. The normalized spacial score (nSPS) is 12.0. The van der Waals surface area contributed by atoms with Crippen molar-refractivity contribution in [2.24, 2.45) is 0 Å². The van der Waals surface area contributed by atoms with Crippen LogP contribution in [0.3, 0.4) is 0 Å². The Kier molecular flexibility index (Phi) is 7.62. The van der Waals surface area contributed by atoms with E-state index in [4.69, 9.17) is 4.74 Å². The van der Waals surface area contributed by atoms with E-state index in [0.717, 1.165) is 23.3 Å². The largest absolute Gasteiger partial charge is 0.492 e. The molecule has 1 rings (SSSR count). The van der Waals surface area contributed by atoms with Gasteiger partial charge in [0.15, 0.2) is 0 Å². The quantitative estimate of drug-likeness (QED) is 0.738. The second kappa shape index (κ2) is 8.97. The molecule has 1 aromatic rings. The average molecular weight is 343 g/mol. The minimum atomic E-state index is -0.180. The number of hydrogen-bond acceptors (Lipinski definition) is 3. The predicted molar refractivity (Wildman–Crippen MR) is 85.0 cm³/mol. The fourth-order valence-electron chi connectivity index (χ4n) is 1.90. The molecule has 1 N–H and O–H groups in total. The van der Waals surface area contributed by atoms with Crippen LogP contribution < -0.4 is 10.1 Å². The average Bonchev–Trinajstić information content (AvgIpc) is 2.44. The summed E-state index contributed by atoms with van der Waals surface area (Å²) in [6, 6.07) is 7.54. The van der Waals surface area contributed by atoms with Crippen molar-refractivity contribution in [3.63, 3.8) is 0 Å². The molecule has 1 aromatic carbocycles. The topological polar surface area (TPSA) is 41.6 Å². The van der Waals surface area contributed by atoms with Crippen molar-refractivity contribution in [3.05, 3.63) is 28.7 Å². The summed E-state index contributed by atoms with van der Waals surface area (Å²) in [6.07, 6.45) is 0. The third kappa shape index (κ3) is 5.51. The second-order valence-electron chi connectivity index (χ2n) is 4.49. The van der Waals surface area contributed by atoms with Gasteiger partial charge in [-0.2, -0.15) is 0 Å². The van der Waals surface area contributed by atoms with E-state index < -0.39 is 0 Å². The summed E-state index contributed by atoms with van der Waals surface area (Å²) in [5.74, 6) is 0.960. The van der Waals surface area contributed by atoms with Crippen LogP contribution in [-0.2, 0) is 4.79 Å². The van der Waals surface area contributed by atoms with Crippen molar-refractivity contribution in [1.82, 2.24) is 10.2 Å². The highest BCUT2D eigenvalue weighted by atomic mass is 79.9. The van der Waals surface area contributed by atoms with Gasteiger partial charge in [-0.05, 0) is 39.0 Å². The minimum Gasteiger partial charge on any atom is -0.492 e. The Morgan fingerprint density at radius 3 is 2.70 bits per heavy atom. The van der Waals surface area contributed by atoms with E-state index in [9.17, 15) is 4.79 Å². The number of carbonyl (C=O) groups is 1. The van der Waals surface area contributed by atoms with Gasteiger partial charge in [0.25, 0.3) is 0 Å². The zero-order valence-electron chi connectivity index (χ0n) is 12.4. The third-order valence-electron chi connectivity index (χ3n) is 3.06. The standard InChI is InChI=1S/C15H23BrN2O2/c1-4-18(5-2)15(19)12(3)17-9-10-20-14-8-6-7-13(16)11-14/h6-8,11-12,17H,4-5,9-10H2,1-3H3. The summed E-state index contributed by atoms with van der Waals surface area (Å²) in [4.78, 5) is 13.9. The lowest BCUT2D eigenvalue weighted by Gasteiger charge is -2.23. The monoisotopic (exact) mass is 342 g/mol. The lowest BCUT2D eigenvalue weighted by atomic mass is 10.3. The molecule has 0 aromatic heterocycles. The lowest BCUT2D eigenvalue weighted by Crippen LogP contribution is -2.45. The third-order valence-corrected chi connectivity index (χ3v) is 3.56. The number of ether oxygens (including phenoxy) is 1. The Labute approximate surface area is 129 Å². The zero-order valence-corrected chi connectivity index (χ0v) is 13.9. The molecule has 0 radical (unpaired) electrons. The minimum absolute atomic E-state index is 0.137. The molecule has 0 heterocycles. The van der Waals surface area contributed by atoms with Crippen LogP contribution in [0.5, 0.6) is 5.75 Å². The maximum atomic E-state index is 12.0. The molecule has 112 valence electrons. The van der Waals surface area contributed by atoms with E-state index in [1.807, 2.05) is 49.9 Å². The van der Waals surface area contributed by atoms with Crippen LogP contribution in [0, 0.1) is 0 Å². The number of nitrogens with zero attached hydrogens (tertiary/aromatic N) is 1. The number of benzene rings is 1. The number of rotatable bonds is 8. The lowest BCUT2D eigenvalue weighted by molar-refractivity contribution is -0.132. The van der Waals surface area contributed by atoms with Gasteiger partial charge in [0.05, 0.1) is 6.04 Å². The van der Waals surface area contributed by atoms with Crippen molar-refractivity contribution in [1.29, 1.82) is 0 Å². The summed E-state index contributed by atoms with van der Waals surface area (Å²) in [5.41, 5.74) is 0. The van der Waals surface area contributed by atoms with E-state index in [1.54, 1.807) is 0 Å². The van der Waals surface area contributed by atoms with Crippen LogP contribution in [-0.4, -0.2) is 43.1 Å². The highest BCUT2D eigenvalue weighted by Gasteiger charge is 2.16. The summed E-state index contributed by atoms with van der Waals surface area (Å²) >= 11 is 3.40. The molecule has 0 fully saturated rings. The molecular formula is C15H23BrN2O2. The summed E-state index contributed by atoms with van der Waals surface area (Å²) in [5, 5.41) is 3.19. The molecule has 0 saturated carbocycles. The van der Waals surface area contributed by atoms with Gasteiger partial charge in [-0.1, -0.05) is 22.0 Å².